The molecule has 0 radical (unpaired) electrons. The van der Waals surface area contributed by atoms with Gasteiger partial charge in [-0.1, -0.05) is 45.2 Å². The van der Waals surface area contributed by atoms with E-state index in [2.05, 4.69) is 26.5 Å². The first-order valence-corrected chi connectivity index (χ1v) is 6.70. The molecule has 0 aliphatic heterocycles. The van der Waals surface area contributed by atoms with E-state index < -0.39 is 0 Å². The van der Waals surface area contributed by atoms with Crippen LogP contribution in [-0.4, -0.2) is 6.21 Å². The number of rotatable bonds is 3. The maximum Gasteiger partial charge on any atom is 0.0562 e. The summed E-state index contributed by atoms with van der Waals surface area (Å²) >= 11 is 15.2. The molecule has 0 aliphatic carbocycles. The van der Waals surface area contributed by atoms with Gasteiger partial charge in [0.05, 0.1) is 16.9 Å². The van der Waals surface area contributed by atoms with Gasteiger partial charge in [0.15, 0.2) is 0 Å². The quantitative estimate of drug-likeness (QED) is 0.601. The Morgan fingerprint density at radius 1 is 1.06 bits per heavy atom. The first kappa shape index (κ1) is 13.4. The van der Waals surface area contributed by atoms with Crippen molar-refractivity contribution in [2.75, 3.05) is 5.43 Å². The molecule has 0 aliphatic rings. The first-order valence-electron chi connectivity index (χ1n) is 5.15. The van der Waals surface area contributed by atoms with Gasteiger partial charge in [0.25, 0.3) is 0 Å². The molecule has 2 nitrogen and oxygen atoms in total. The predicted octanol–water partition coefficient (Wildman–Crippen LogP) is 5.20. The van der Waals surface area contributed by atoms with Gasteiger partial charge < -0.3 is 0 Å². The van der Waals surface area contributed by atoms with Crippen molar-refractivity contribution in [3.8, 4) is 0 Å². The van der Waals surface area contributed by atoms with Crippen LogP contribution in [0.15, 0.2) is 52.0 Å². The summed E-state index contributed by atoms with van der Waals surface area (Å²) in [7, 11) is 0. The van der Waals surface area contributed by atoms with Gasteiger partial charge in [0.2, 0.25) is 0 Å². The van der Waals surface area contributed by atoms with E-state index in [9.17, 15) is 0 Å². The van der Waals surface area contributed by atoms with E-state index in [1.807, 2.05) is 30.3 Å². The monoisotopic (exact) mass is 342 g/mol. The molecule has 5 heteroatoms. The van der Waals surface area contributed by atoms with Crippen molar-refractivity contribution in [3.05, 3.63) is 62.5 Å². The second-order valence-corrected chi connectivity index (χ2v) is 5.30. The van der Waals surface area contributed by atoms with Crippen LogP contribution in [0.25, 0.3) is 0 Å². The molecule has 0 spiro atoms. The van der Waals surface area contributed by atoms with Gasteiger partial charge in [-0.15, -0.1) is 0 Å². The lowest BCUT2D eigenvalue weighted by molar-refractivity contribution is 1.35. The molecule has 0 amide bonds. The topological polar surface area (TPSA) is 24.4 Å². The minimum absolute atomic E-state index is 0.573. The van der Waals surface area contributed by atoms with Crippen LogP contribution < -0.4 is 5.43 Å². The molecule has 0 heterocycles. The highest BCUT2D eigenvalue weighted by Crippen LogP contribution is 2.19. The summed E-state index contributed by atoms with van der Waals surface area (Å²) in [5.41, 5.74) is 4.63. The normalized spacial score (nSPS) is 10.8. The molecule has 92 valence electrons. The van der Waals surface area contributed by atoms with Gasteiger partial charge in [-0.3, -0.25) is 5.43 Å². The van der Waals surface area contributed by atoms with Crippen LogP contribution in [0.5, 0.6) is 0 Å². The number of benzene rings is 2. The SMILES string of the molecule is Clc1ccc(C=NNc2ccc(Br)cc2)c(Cl)c1. The average Bonchev–Trinajstić information content (AvgIpc) is 2.34. The fourth-order valence-corrected chi connectivity index (χ4v) is 2.03. The molecular weight excluding hydrogens is 335 g/mol. The summed E-state index contributed by atoms with van der Waals surface area (Å²) in [6.45, 7) is 0. The summed E-state index contributed by atoms with van der Waals surface area (Å²) < 4.78 is 1.03. The fraction of sp³-hybridized carbons (Fsp3) is 0. The van der Waals surface area contributed by atoms with Crippen molar-refractivity contribution < 1.29 is 0 Å². The third-order valence-electron chi connectivity index (χ3n) is 2.20. The largest absolute Gasteiger partial charge is 0.279 e. The molecule has 2 aromatic rings. The van der Waals surface area contributed by atoms with Crippen LogP contribution in [0.3, 0.4) is 0 Å². The van der Waals surface area contributed by atoms with Crippen LogP contribution in [-0.2, 0) is 0 Å². The Kier molecular flexibility index (Phi) is 4.64. The van der Waals surface area contributed by atoms with Gasteiger partial charge in [0.1, 0.15) is 0 Å². The number of halogens is 3. The van der Waals surface area contributed by atoms with Crippen LogP contribution in [0.4, 0.5) is 5.69 Å². The Labute approximate surface area is 124 Å². The summed E-state index contributed by atoms with van der Waals surface area (Å²) in [6, 6.07) is 13.0. The molecule has 0 saturated carbocycles. The van der Waals surface area contributed by atoms with Gasteiger partial charge in [-0.2, -0.15) is 5.10 Å². The van der Waals surface area contributed by atoms with Crippen LogP contribution in [0, 0.1) is 0 Å². The number of hydrogen-bond acceptors (Lipinski definition) is 2. The lowest BCUT2D eigenvalue weighted by Crippen LogP contribution is -1.90. The average molecular weight is 344 g/mol. The highest BCUT2D eigenvalue weighted by atomic mass is 79.9. The number of hydrogen-bond donors (Lipinski definition) is 1. The van der Waals surface area contributed by atoms with Crippen LogP contribution >= 0.6 is 39.1 Å². The molecule has 0 bridgehead atoms. The highest BCUT2D eigenvalue weighted by Gasteiger charge is 1.97. The molecule has 0 aromatic heterocycles. The Balaban J connectivity index is 2.05. The number of nitrogens with zero attached hydrogens (tertiary/aromatic N) is 1. The van der Waals surface area contributed by atoms with Gasteiger partial charge in [0, 0.05) is 15.1 Å². The van der Waals surface area contributed by atoms with Gasteiger partial charge in [-0.05, 0) is 36.4 Å². The lowest BCUT2D eigenvalue weighted by atomic mass is 10.2. The first-order chi connectivity index (χ1) is 8.65. The van der Waals surface area contributed by atoms with Crippen molar-refractivity contribution in [2.45, 2.75) is 0 Å². The molecule has 2 rings (SSSR count). The minimum atomic E-state index is 0.573. The van der Waals surface area contributed by atoms with E-state index in [1.165, 1.54) is 0 Å². The fourth-order valence-electron chi connectivity index (χ4n) is 1.31. The molecule has 0 atom stereocenters. The van der Waals surface area contributed by atoms with Crippen molar-refractivity contribution >= 4 is 51.0 Å². The third-order valence-corrected chi connectivity index (χ3v) is 3.30. The molecule has 0 saturated heterocycles. The van der Waals surface area contributed by atoms with E-state index in [0.29, 0.717) is 10.0 Å². The standard InChI is InChI=1S/C13H9BrCl2N2/c14-10-2-5-12(6-3-10)18-17-8-9-1-4-11(15)7-13(9)16/h1-8,18H. The smallest absolute Gasteiger partial charge is 0.0562 e. The summed E-state index contributed by atoms with van der Waals surface area (Å²) in [6.07, 6.45) is 1.65. The summed E-state index contributed by atoms with van der Waals surface area (Å²) in [5, 5.41) is 5.30. The Hall–Kier alpha value is -1.03. The molecule has 0 unspecified atom stereocenters. The van der Waals surface area contributed by atoms with E-state index in [0.717, 1.165) is 15.7 Å². The molecule has 18 heavy (non-hydrogen) atoms. The van der Waals surface area contributed by atoms with Crippen molar-refractivity contribution in [3.63, 3.8) is 0 Å². The molecule has 1 N–H and O–H groups in total. The second-order valence-electron chi connectivity index (χ2n) is 3.54. The number of nitrogens with one attached hydrogen (secondary N) is 1. The van der Waals surface area contributed by atoms with E-state index in [-0.39, 0.29) is 0 Å². The zero-order chi connectivity index (χ0) is 13.0. The Bertz CT molecular complexity index is 568. The second kappa shape index (κ2) is 6.23. The molecule has 0 fully saturated rings. The predicted molar refractivity (Wildman–Crippen MR) is 81.8 cm³/mol. The van der Waals surface area contributed by atoms with Crippen molar-refractivity contribution in [2.24, 2.45) is 5.10 Å². The summed E-state index contributed by atoms with van der Waals surface area (Å²) in [4.78, 5) is 0. The Morgan fingerprint density at radius 2 is 1.78 bits per heavy atom. The molecular formula is C13H9BrCl2N2. The zero-order valence-electron chi connectivity index (χ0n) is 9.20. The Morgan fingerprint density at radius 3 is 2.44 bits per heavy atom. The van der Waals surface area contributed by atoms with E-state index >= 15 is 0 Å². The van der Waals surface area contributed by atoms with Gasteiger partial charge >= 0.3 is 0 Å². The number of hydrazone groups is 1. The number of anilines is 1. The minimum Gasteiger partial charge on any atom is -0.279 e. The van der Waals surface area contributed by atoms with Crippen molar-refractivity contribution in [1.29, 1.82) is 0 Å². The van der Waals surface area contributed by atoms with E-state index in [4.69, 9.17) is 23.2 Å². The van der Waals surface area contributed by atoms with Crippen molar-refractivity contribution in [1.82, 2.24) is 0 Å². The maximum atomic E-state index is 6.02. The summed E-state index contributed by atoms with van der Waals surface area (Å²) in [5.74, 6) is 0. The van der Waals surface area contributed by atoms with Crippen LogP contribution in [0.2, 0.25) is 10.0 Å². The zero-order valence-corrected chi connectivity index (χ0v) is 12.3. The van der Waals surface area contributed by atoms with E-state index in [1.54, 1.807) is 18.3 Å². The lowest BCUT2D eigenvalue weighted by Gasteiger charge is -2.01. The maximum absolute atomic E-state index is 6.02. The van der Waals surface area contributed by atoms with Crippen LogP contribution in [0.1, 0.15) is 5.56 Å². The molecule has 2 aromatic carbocycles. The van der Waals surface area contributed by atoms with Gasteiger partial charge in [-0.25, -0.2) is 0 Å². The highest BCUT2D eigenvalue weighted by molar-refractivity contribution is 9.10. The third kappa shape index (κ3) is 3.73.